The SMILES string of the molecule is CCc1ccc(COc2cnc(-c3ccc(C#N)cc3)cn2)cc1. The molecule has 0 aliphatic heterocycles. The highest BCUT2D eigenvalue weighted by molar-refractivity contribution is 5.59. The second kappa shape index (κ2) is 7.38. The lowest BCUT2D eigenvalue weighted by Crippen LogP contribution is -1.98. The van der Waals surface area contributed by atoms with E-state index in [4.69, 9.17) is 10.00 Å². The number of rotatable bonds is 5. The molecule has 0 spiro atoms. The minimum absolute atomic E-state index is 0.467. The summed E-state index contributed by atoms with van der Waals surface area (Å²) in [5.74, 6) is 0.493. The molecule has 3 aromatic rings. The van der Waals surface area contributed by atoms with Crippen LogP contribution >= 0.6 is 0 Å². The first kappa shape index (κ1) is 15.7. The van der Waals surface area contributed by atoms with Gasteiger partial charge in [0, 0.05) is 5.56 Å². The van der Waals surface area contributed by atoms with Crippen molar-refractivity contribution >= 4 is 0 Å². The van der Waals surface area contributed by atoms with Crippen LogP contribution in [0.2, 0.25) is 0 Å². The smallest absolute Gasteiger partial charge is 0.232 e. The second-order valence-corrected chi connectivity index (χ2v) is 5.39. The fraction of sp³-hybridized carbons (Fsp3) is 0.150. The molecule has 1 aromatic heterocycles. The van der Waals surface area contributed by atoms with Crippen LogP contribution in [0.4, 0.5) is 0 Å². The molecule has 0 fully saturated rings. The highest BCUT2D eigenvalue weighted by Crippen LogP contribution is 2.18. The highest BCUT2D eigenvalue weighted by atomic mass is 16.5. The molecule has 0 aliphatic rings. The summed E-state index contributed by atoms with van der Waals surface area (Å²) in [4.78, 5) is 8.67. The van der Waals surface area contributed by atoms with E-state index in [0.29, 0.717) is 18.1 Å². The number of benzene rings is 2. The summed E-state index contributed by atoms with van der Waals surface area (Å²) < 4.78 is 5.68. The molecular formula is C20H17N3O. The van der Waals surface area contributed by atoms with Crippen molar-refractivity contribution in [1.82, 2.24) is 9.97 Å². The Balaban J connectivity index is 1.64. The Bertz CT molecular complexity index is 832. The standard InChI is InChI=1S/C20H17N3O/c1-2-15-3-5-17(6-4-15)14-24-20-13-22-19(12-23-20)18-9-7-16(11-21)8-10-18/h3-10,12-13H,2,14H2,1H3. The van der Waals surface area contributed by atoms with Gasteiger partial charge in [-0.25, -0.2) is 9.97 Å². The Labute approximate surface area is 141 Å². The molecule has 24 heavy (non-hydrogen) atoms. The maximum absolute atomic E-state index is 8.82. The van der Waals surface area contributed by atoms with E-state index in [-0.39, 0.29) is 0 Å². The van der Waals surface area contributed by atoms with Crippen LogP contribution in [0.3, 0.4) is 0 Å². The average Bonchev–Trinajstić information content (AvgIpc) is 2.67. The van der Waals surface area contributed by atoms with Gasteiger partial charge < -0.3 is 4.74 Å². The van der Waals surface area contributed by atoms with E-state index >= 15 is 0 Å². The van der Waals surface area contributed by atoms with Crippen molar-refractivity contribution in [1.29, 1.82) is 5.26 Å². The Hall–Kier alpha value is -3.19. The lowest BCUT2D eigenvalue weighted by atomic mass is 10.1. The highest BCUT2D eigenvalue weighted by Gasteiger charge is 2.03. The molecule has 3 rings (SSSR count). The first-order valence-corrected chi connectivity index (χ1v) is 7.81. The second-order valence-electron chi connectivity index (χ2n) is 5.39. The normalized spacial score (nSPS) is 10.2. The van der Waals surface area contributed by atoms with Crippen LogP contribution in [0.1, 0.15) is 23.6 Å². The summed E-state index contributed by atoms with van der Waals surface area (Å²) in [5.41, 5.74) is 4.71. The van der Waals surface area contributed by atoms with Gasteiger partial charge in [0.15, 0.2) is 0 Å². The van der Waals surface area contributed by atoms with E-state index in [2.05, 4.69) is 47.2 Å². The Morgan fingerprint density at radius 3 is 2.21 bits per heavy atom. The topological polar surface area (TPSA) is 58.8 Å². The molecule has 1 heterocycles. The van der Waals surface area contributed by atoms with Crippen LogP contribution in [0.25, 0.3) is 11.3 Å². The third-order valence-corrected chi connectivity index (χ3v) is 3.76. The minimum atomic E-state index is 0.467. The molecular weight excluding hydrogens is 298 g/mol. The lowest BCUT2D eigenvalue weighted by molar-refractivity contribution is 0.292. The van der Waals surface area contributed by atoms with Crippen LogP contribution in [0, 0.1) is 11.3 Å². The molecule has 2 aromatic carbocycles. The van der Waals surface area contributed by atoms with Gasteiger partial charge in [-0.05, 0) is 29.7 Å². The van der Waals surface area contributed by atoms with Crippen molar-refractivity contribution in [3.63, 3.8) is 0 Å². The number of ether oxygens (including phenoxy) is 1. The number of nitrogens with zero attached hydrogens (tertiary/aromatic N) is 3. The zero-order valence-corrected chi connectivity index (χ0v) is 13.4. The maximum Gasteiger partial charge on any atom is 0.232 e. The molecule has 4 nitrogen and oxygen atoms in total. The minimum Gasteiger partial charge on any atom is -0.472 e. The van der Waals surface area contributed by atoms with E-state index < -0.39 is 0 Å². The van der Waals surface area contributed by atoms with E-state index in [1.165, 1.54) is 5.56 Å². The predicted molar refractivity (Wildman–Crippen MR) is 92.3 cm³/mol. The van der Waals surface area contributed by atoms with Gasteiger partial charge in [0.25, 0.3) is 0 Å². The van der Waals surface area contributed by atoms with E-state index in [0.717, 1.165) is 23.2 Å². The molecule has 118 valence electrons. The largest absolute Gasteiger partial charge is 0.472 e. The van der Waals surface area contributed by atoms with Crippen molar-refractivity contribution < 1.29 is 4.74 Å². The molecule has 0 bridgehead atoms. The summed E-state index contributed by atoms with van der Waals surface area (Å²) in [7, 11) is 0. The fourth-order valence-corrected chi connectivity index (χ4v) is 2.28. The van der Waals surface area contributed by atoms with E-state index in [1.807, 2.05) is 12.1 Å². The summed E-state index contributed by atoms with van der Waals surface area (Å²) in [6.07, 6.45) is 4.33. The average molecular weight is 315 g/mol. The van der Waals surface area contributed by atoms with Gasteiger partial charge in [0.2, 0.25) is 5.88 Å². The first-order chi connectivity index (χ1) is 11.8. The van der Waals surface area contributed by atoms with Crippen LogP contribution in [0.15, 0.2) is 60.9 Å². The quantitative estimate of drug-likeness (QED) is 0.709. The summed E-state index contributed by atoms with van der Waals surface area (Å²) >= 11 is 0. The number of hydrogen-bond acceptors (Lipinski definition) is 4. The van der Waals surface area contributed by atoms with Crippen LogP contribution < -0.4 is 4.74 Å². The molecule has 0 radical (unpaired) electrons. The molecule has 0 atom stereocenters. The van der Waals surface area contributed by atoms with E-state index in [1.54, 1.807) is 24.5 Å². The lowest BCUT2D eigenvalue weighted by Gasteiger charge is -2.07. The summed E-state index contributed by atoms with van der Waals surface area (Å²) in [5, 5.41) is 8.82. The van der Waals surface area contributed by atoms with Crippen molar-refractivity contribution in [3.8, 4) is 23.2 Å². The van der Waals surface area contributed by atoms with Gasteiger partial charge in [-0.15, -0.1) is 0 Å². The van der Waals surface area contributed by atoms with Crippen molar-refractivity contribution in [2.24, 2.45) is 0 Å². The van der Waals surface area contributed by atoms with Crippen molar-refractivity contribution in [2.45, 2.75) is 20.0 Å². The molecule has 0 unspecified atom stereocenters. The maximum atomic E-state index is 8.82. The fourth-order valence-electron chi connectivity index (χ4n) is 2.28. The molecule has 0 amide bonds. The predicted octanol–water partition coefficient (Wildman–Crippen LogP) is 4.16. The van der Waals surface area contributed by atoms with Gasteiger partial charge in [-0.3, -0.25) is 0 Å². The van der Waals surface area contributed by atoms with Crippen molar-refractivity contribution in [3.05, 3.63) is 77.6 Å². The van der Waals surface area contributed by atoms with Gasteiger partial charge >= 0.3 is 0 Å². The number of nitriles is 1. The Kier molecular flexibility index (Phi) is 4.83. The van der Waals surface area contributed by atoms with Crippen molar-refractivity contribution in [2.75, 3.05) is 0 Å². The van der Waals surface area contributed by atoms with Gasteiger partial charge in [0.05, 0.1) is 29.7 Å². The zero-order chi connectivity index (χ0) is 16.8. The first-order valence-electron chi connectivity index (χ1n) is 7.81. The third kappa shape index (κ3) is 3.76. The van der Waals surface area contributed by atoms with Crippen LogP contribution in [0.5, 0.6) is 5.88 Å². The van der Waals surface area contributed by atoms with Gasteiger partial charge in [-0.1, -0.05) is 43.3 Å². The van der Waals surface area contributed by atoms with E-state index in [9.17, 15) is 0 Å². The van der Waals surface area contributed by atoms with Gasteiger partial charge in [0.1, 0.15) is 6.61 Å². The van der Waals surface area contributed by atoms with Gasteiger partial charge in [-0.2, -0.15) is 5.26 Å². The Morgan fingerprint density at radius 2 is 1.62 bits per heavy atom. The number of hydrogen-bond donors (Lipinski definition) is 0. The molecule has 0 saturated heterocycles. The molecule has 4 heteroatoms. The summed E-state index contributed by atoms with van der Waals surface area (Å²) in [6.45, 7) is 2.60. The number of aromatic nitrogens is 2. The molecule has 0 saturated carbocycles. The zero-order valence-electron chi connectivity index (χ0n) is 13.4. The number of aryl methyl sites for hydroxylation is 1. The van der Waals surface area contributed by atoms with Crippen LogP contribution in [-0.4, -0.2) is 9.97 Å². The third-order valence-electron chi connectivity index (χ3n) is 3.76. The Morgan fingerprint density at radius 1 is 0.917 bits per heavy atom. The van der Waals surface area contributed by atoms with Crippen LogP contribution in [-0.2, 0) is 13.0 Å². The molecule has 0 N–H and O–H groups in total. The molecule has 0 aliphatic carbocycles. The summed E-state index contributed by atoms with van der Waals surface area (Å²) in [6, 6.07) is 17.7. The monoisotopic (exact) mass is 315 g/mol.